The number of fused-ring (bicyclic) bond motifs is 1. The molecule has 0 bridgehead atoms. The third-order valence-corrected chi connectivity index (χ3v) is 3.45. The number of ether oxygens (including phenoxy) is 1. The van der Waals surface area contributed by atoms with Gasteiger partial charge in [-0.2, -0.15) is 0 Å². The maximum absolute atomic E-state index is 5.70. The fourth-order valence-electron chi connectivity index (χ4n) is 2.46. The number of hydrogen-bond donors (Lipinski definition) is 1. The van der Waals surface area contributed by atoms with Gasteiger partial charge in [0.05, 0.1) is 5.69 Å². The Kier molecular flexibility index (Phi) is 2.80. The Morgan fingerprint density at radius 1 is 1.33 bits per heavy atom. The molecule has 1 aromatic carbocycles. The summed E-state index contributed by atoms with van der Waals surface area (Å²) in [6, 6.07) is 7.82. The number of nitrogen functional groups attached to an aromatic ring is 1. The van der Waals surface area contributed by atoms with Crippen LogP contribution in [-0.4, -0.2) is 16.7 Å². The van der Waals surface area contributed by atoms with Crippen LogP contribution in [0.5, 0.6) is 0 Å². The van der Waals surface area contributed by atoms with Crippen molar-refractivity contribution < 1.29 is 4.74 Å². The van der Waals surface area contributed by atoms with Crippen molar-refractivity contribution in [3.8, 4) is 11.3 Å². The van der Waals surface area contributed by atoms with Crippen molar-refractivity contribution in [1.29, 1.82) is 0 Å². The summed E-state index contributed by atoms with van der Waals surface area (Å²) in [4.78, 5) is 4.70. The highest BCUT2D eigenvalue weighted by Crippen LogP contribution is 2.30. The fourth-order valence-corrected chi connectivity index (χ4v) is 2.46. The van der Waals surface area contributed by atoms with Crippen LogP contribution in [0.15, 0.2) is 30.5 Å². The van der Waals surface area contributed by atoms with Gasteiger partial charge in [-0.15, -0.1) is 0 Å². The van der Waals surface area contributed by atoms with Gasteiger partial charge in [-0.25, -0.2) is 4.98 Å². The monoisotopic (exact) mass is 243 g/mol. The van der Waals surface area contributed by atoms with Crippen LogP contribution in [0.25, 0.3) is 11.3 Å². The summed E-state index contributed by atoms with van der Waals surface area (Å²) in [6.07, 6.45) is 4.42. The molecule has 1 aromatic heterocycles. The minimum Gasteiger partial charge on any atom is -0.399 e. The molecule has 0 saturated carbocycles. The van der Waals surface area contributed by atoms with Crippen molar-refractivity contribution in [2.75, 3.05) is 12.8 Å². The normalized spacial score (nSPS) is 18.6. The SMILES string of the molecule is COC1CCCn2cc(-c3ccc(N)cc3)nc21. The van der Waals surface area contributed by atoms with E-state index in [1.54, 1.807) is 7.11 Å². The molecule has 0 saturated heterocycles. The number of imidazole rings is 1. The lowest BCUT2D eigenvalue weighted by atomic mass is 10.1. The van der Waals surface area contributed by atoms with Crippen LogP contribution >= 0.6 is 0 Å². The van der Waals surface area contributed by atoms with E-state index in [-0.39, 0.29) is 6.10 Å². The Labute approximate surface area is 106 Å². The molecule has 0 radical (unpaired) electrons. The number of nitrogens with two attached hydrogens (primary N) is 1. The summed E-state index contributed by atoms with van der Waals surface area (Å²) >= 11 is 0. The van der Waals surface area contributed by atoms with Crippen LogP contribution in [0.1, 0.15) is 24.8 Å². The molecule has 18 heavy (non-hydrogen) atoms. The molecule has 1 unspecified atom stereocenters. The number of aryl methyl sites for hydroxylation is 1. The average Bonchev–Trinajstić information content (AvgIpc) is 2.83. The Bertz CT molecular complexity index is 545. The van der Waals surface area contributed by atoms with Crippen molar-refractivity contribution in [2.24, 2.45) is 0 Å². The first-order chi connectivity index (χ1) is 8.78. The quantitative estimate of drug-likeness (QED) is 0.825. The molecule has 1 atom stereocenters. The summed E-state index contributed by atoms with van der Waals surface area (Å²) in [6.45, 7) is 1.02. The molecule has 94 valence electrons. The first-order valence-electron chi connectivity index (χ1n) is 6.23. The third-order valence-electron chi connectivity index (χ3n) is 3.45. The van der Waals surface area contributed by atoms with E-state index in [0.29, 0.717) is 0 Å². The van der Waals surface area contributed by atoms with Crippen LogP contribution in [0.2, 0.25) is 0 Å². The number of benzene rings is 1. The van der Waals surface area contributed by atoms with E-state index >= 15 is 0 Å². The highest BCUT2D eigenvalue weighted by Gasteiger charge is 2.22. The van der Waals surface area contributed by atoms with Crippen LogP contribution in [0.3, 0.4) is 0 Å². The third kappa shape index (κ3) is 1.88. The molecule has 4 nitrogen and oxygen atoms in total. The maximum Gasteiger partial charge on any atom is 0.138 e. The number of methoxy groups -OCH3 is 1. The van der Waals surface area contributed by atoms with Gasteiger partial charge < -0.3 is 15.0 Å². The van der Waals surface area contributed by atoms with E-state index < -0.39 is 0 Å². The van der Waals surface area contributed by atoms with Crippen molar-refractivity contribution in [2.45, 2.75) is 25.5 Å². The summed E-state index contributed by atoms with van der Waals surface area (Å²) in [5.41, 5.74) is 8.57. The molecule has 1 aliphatic rings. The minimum atomic E-state index is 0.126. The lowest BCUT2D eigenvalue weighted by Gasteiger charge is -2.21. The lowest BCUT2D eigenvalue weighted by molar-refractivity contribution is 0.0720. The Balaban J connectivity index is 1.99. The minimum absolute atomic E-state index is 0.126. The largest absolute Gasteiger partial charge is 0.399 e. The molecule has 3 rings (SSSR count). The summed E-state index contributed by atoms with van der Waals surface area (Å²) in [5.74, 6) is 1.04. The lowest BCUT2D eigenvalue weighted by Crippen LogP contribution is -2.16. The topological polar surface area (TPSA) is 53.1 Å². The zero-order valence-corrected chi connectivity index (χ0v) is 10.5. The highest BCUT2D eigenvalue weighted by molar-refractivity contribution is 5.61. The molecule has 4 heteroatoms. The van der Waals surface area contributed by atoms with Gasteiger partial charge in [-0.05, 0) is 25.0 Å². The summed E-state index contributed by atoms with van der Waals surface area (Å²) in [5, 5.41) is 0. The number of rotatable bonds is 2. The molecular formula is C14H17N3O. The maximum atomic E-state index is 5.70. The predicted octanol–water partition coefficient (Wildman–Crippen LogP) is 2.61. The van der Waals surface area contributed by atoms with E-state index in [1.165, 1.54) is 0 Å². The van der Waals surface area contributed by atoms with Gasteiger partial charge in [-0.3, -0.25) is 0 Å². The molecule has 0 aliphatic carbocycles. The van der Waals surface area contributed by atoms with Crippen molar-refractivity contribution in [3.63, 3.8) is 0 Å². The summed E-state index contributed by atoms with van der Waals surface area (Å²) < 4.78 is 7.68. The van der Waals surface area contributed by atoms with E-state index in [0.717, 1.165) is 42.2 Å². The van der Waals surface area contributed by atoms with E-state index in [1.807, 2.05) is 24.3 Å². The standard InChI is InChI=1S/C14H17N3O/c1-18-13-3-2-8-17-9-12(16-14(13)17)10-4-6-11(15)7-5-10/h4-7,9,13H,2-3,8,15H2,1H3. The molecule has 2 heterocycles. The van der Waals surface area contributed by atoms with E-state index in [4.69, 9.17) is 15.5 Å². The van der Waals surface area contributed by atoms with Gasteiger partial charge >= 0.3 is 0 Å². The zero-order valence-electron chi connectivity index (χ0n) is 10.5. The van der Waals surface area contributed by atoms with Gasteiger partial charge in [0.2, 0.25) is 0 Å². The van der Waals surface area contributed by atoms with Crippen LogP contribution in [-0.2, 0) is 11.3 Å². The van der Waals surface area contributed by atoms with E-state index in [2.05, 4.69) is 10.8 Å². The van der Waals surface area contributed by atoms with Crippen LogP contribution in [0.4, 0.5) is 5.69 Å². The highest BCUT2D eigenvalue weighted by atomic mass is 16.5. The van der Waals surface area contributed by atoms with Gasteiger partial charge in [0.25, 0.3) is 0 Å². The van der Waals surface area contributed by atoms with Crippen molar-refractivity contribution in [1.82, 2.24) is 9.55 Å². The smallest absolute Gasteiger partial charge is 0.138 e. The molecule has 0 amide bonds. The Morgan fingerprint density at radius 3 is 2.83 bits per heavy atom. The second kappa shape index (κ2) is 4.46. The molecule has 1 aliphatic heterocycles. The number of aromatic nitrogens is 2. The first kappa shape index (κ1) is 11.3. The zero-order chi connectivity index (χ0) is 12.5. The number of hydrogen-bond acceptors (Lipinski definition) is 3. The molecule has 2 N–H and O–H groups in total. The van der Waals surface area contributed by atoms with Gasteiger partial charge in [-0.1, -0.05) is 12.1 Å². The first-order valence-corrected chi connectivity index (χ1v) is 6.23. The Hall–Kier alpha value is -1.81. The van der Waals surface area contributed by atoms with Gasteiger partial charge in [0.1, 0.15) is 11.9 Å². The second-order valence-electron chi connectivity index (χ2n) is 4.67. The van der Waals surface area contributed by atoms with Gasteiger partial charge in [0, 0.05) is 31.1 Å². The van der Waals surface area contributed by atoms with E-state index in [9.17, 15) is 0 Å². The summed E-state index contributed by atoms with van der Waals surface area (Å²) in [7, 11) is 1.75. The predicted molar refractivity (Wildman–Crippen MR) is 71.1 cm³/mol. The van der Waals surface area contributed by atoms with Crippen molar-refractivity contribution >= 4 is 5.69 Å². The average molecular weight is 243 g/mol. The van der Waals surface area contributed by atoms with Crippen LogP contribution < -0.4 is 5.73 Å². The molecule has 2 aromatic rings. The second-order valence-corrected chi connectivity index (χ2v) is 4.67. The number of nitrogens with zero attached hydrogens (tertiary/aromatic N) is 2. The number of anilines is 1. The van der Waals surface area contributed by atoms with Gasteiger partial charge in [0.15, 0.2) is 0 Å². The molecule has 0 spiro atoms. The fraction of sp³-hybridized carbons (Fsp3) is 0.357. The molecular weight excluding hydrogens is 226 g/mol. The van der Waals surface area contributed by atoms with Crippen molar-refractivity contribution in [3.05, 3.63) is 36.3 Å². The van der Waals surface area contributed by atoms with Crippen LogP contribution in [0, 0.1) is 0 Å². The Morgan fingerprint density at radius 2 is 2.11 bits per heavy atom. The molecule has 0 fully saturated rings.